The van der Waals surface area contributed by atoms with Crippen molar-refractivity contribution in [2.24, 2.45) is 0 Å². The second-order valence-corrected chi connectivity index (χ2v) is 3.70. The molecule has 1 aromatic rings. The zero-order chi connectivity index (χ0) is 12.1. The van der Waals surface area contributed by atoms with E-state index < -0.39 is 0 Å². The van der Waals surface area contributed by atoms with Gasteiger partial charge in [-0.2, -0.15) is 0 Å². The van der Waals surface area contributed by atoms with E-state index in [0.29, 0.717) is 12.6 Å². The normalized spacial score (nSPS) is 19.1. The average molecular weight is 240 g/mol. The van der Waals surface area contributed by atoms with E-state index >= 15 is 0 Å². The van der Waals surface area contributed by atoms with E-state index in [1.807, 2.05) is 0 Å². The van der Waals surface area contributed by atoms with Crippen molar-refractivity contribution < 1.29 is 14.2 Å². The van der Waals surface area contributed by atoms with Gasteiger partial charge in [-0.15, -0.1) is 15.0 Å². The van der Waals surface area contributed by atoms with Crippen LogP contribution in [0.5, 0.6) is 18.0 Å². The molecule has 2 heterocycles. The van der Waals surface area contributed by atoms with Crippen LogP contribution in [0.15, 0.2) is 0 Å². The Morgan fingerprint density at radius 3 is 2.29 bits per heavy atom. The summed E-state index contributed by atoms with van der Waals surface area (Å²) in [7, 11) is 2.97. The highest BCUT2D eigenvalue weighted by atomic mass is 16.5. The standard InChI is InChI=1S/C10H16N4O3/c1-15-8-12-9(16-2)14-10(13-8)17-6-7-4-3-5-11-7/h7,11H,3-6H2,1-2H3. The largest absolute Gasteiger partial charge is 0.467 e. The van der Waals surface area contributed by atoms with Gasteiger partial charge in [-0.1, -0.05) is 0 Å². The second kappa shape index (κ2) is 5.62. The van der Waals surface area contributed by atoms with Crippen molar-refractivity contribution in [2.75, 3.05) is 27.4 Å². The van der Waals surface area contributed by atoms with Gasteiger partial charge in [-0.3, -0.25) is 0 Å². The van der Waals surface area contributed by atoms with Crippen LogP contribution in [0.3, 0.4) is 0 Å². The molecule has 1 aliphatic rings. The molecule has 0 saturated carbocycles. The van der Waals surface area contributed by atoms with Crippen molar-refractivity contribution in [2.45, 2.75) is 18.9 Å². The average Bonchev–Trinajstić information content (AvgIpc) is 2.89. The van der Waals surface area contributed by atoms with Gasteiger partial charge in [0.2, 0.25) is 0 Å². The topological polar surface area (TPSA) is 78.4 Å². The highest BCUT2D eigenvalue weighted by Gasteiger charge is 2.16. The third kappa shape index (κ3) is 3.16. The zero-order valence-electron chi connectivity index (χ0n) is 9.97. The molecule has 17 heavy (non-hydrogen) atoms. The van der Waals surface area contributed by atoms with Crippen LogP contribution in [-0.2, 0) is 0 Å². The Morgan fingerprint density at radius 2 is 1.76 bits per heavy atom. The second-order valence-electron chi connectivity index (χ2n) is 3.70. The maximum atomic E-state index is 5.49. The molecule has 1 saturated heterocycles. The molecule has 0 bridgehead atoms. The molecule has 0 aliphatic carbocycles. The van der Waals surface area contributed by atoms with Gasteiger partial charge in [0.1, 0.15) is 6.61 Å². The molecule has 1 aromatic heterocycles. The lowest BCUT2D eigenvalue weighted by Gasteiger charge is -2.11. The molecule has 0 aromatic carbocycles. The molecule has 1 fully saturated rings. The number of nitrogens with one attached hydrogen (secondary N) is 1. The van der Waals surface area contributed by atoms with Crippen molar-refractivity contribution in [3.05, 3.63) is 0 Å². The molecule has 1 aliphatic heterocycles. The molecule has 2 rings (SSSR count). The van der Waals surface area contributed by atoms with Crippen LogP contribution in [0.1, 0.15) is 12.8 Å². The molecule has 1 atom stereocenters. The Bertz CT molecular complexity index is 346. The van der Waals surface area contributed by atoms with Crippen molar-refractivity contribution in [3.63, 3.8) is 0 Å². The molecule has 7 heteroatoms. The van der Waals surface area contributed by atoms with E-state index in [1.165, 1.54) is 20.6 Å². The van der Waals surface area contributed by atoms with Gasteiger partial charge in [0.15, 0.2) is 0 Å². The third-order valence-electron chi connectivity index (χ3n) is 2.52. The number of aromatic nitrogens is 3. The summed E-state index contributed by atoms with van der Waals surface area (Å²) in [5.41, 5.74) is 0. The predicted molar refractivity (Wildman–Crippen MR) is 59.5 cm³/mol. The summed E-state index contributed by atoms with van der Waals surface area (Å²) in [6, 6.07) is 0.962. The number of rotatable bonds is 5. The van der Waals surface area contributed by atoms with Gasteiger partial charge in [0.05, 0.1) is 14.2 Å². The molecule has 0 radical (unpaired) electrons. The number of hydrogen-bond acceptors (Lipinski definition) is 7. The first kappa shape index (κ1) is 11.8. The first-order valence-electron chi connectivity index (χ1n) is 5.52. The van der Waals surface area contributed by atoms with Gasteiger partial charge in [-0.25, -0.2) is 0 Å². The van der Waals surface area contributed by atoms with Crippen LogP contribution in [0, 0.1) is 0 Å². The van der Waals surface area contributed by atoms with Crippen LogP contribution in [0.4, 0.5) is 0 Å². The van der Waals surface area contributed by atoms with Gasteiger partial charge in [0.25, 0.3) is 0 Å². The summed E-state index contributed by atoms with van der Waals surface area (Å²) in [5, 5.41) is 3.33. The van der Waals surface area contributed by atoms with E-state index in [2.05, 4.69) is 20.3 Å². The SMILES string of the molecule is COc1nc(OC)nc(OCC2CCCN2)n1. The number of ether oxygens (including phenoxy) is 3. The predicted octanol–water partition coefficient (Wildman–Crippen LogP) is 0.0196. The van der Waals surface area contributed by atoms with Crippen molar-refractivity contribution in [3.8, 4) is 18.0 Å². The fraction of sp³-hybridized carbons (Fsp3) is 0.700. The summed E-state index contributed by atoms with van der Waals surface area (Å²) in [6.45, 7) is 1.58. The minimum atomic E-state index is 0.186. The monoisotopic (exact) mass is 240 g/mol. The lowest BCUT2D eigenvalue weighted by atomic mass is 10.2. The smallest absolute Gasteiger partial charge is 0.325 e. The van der Waals surface area contributed by atoms with Crippen LogP contribution >= 0.6 is 0 Å². The highest BCUT2D eigenvalue weighted by Crippen LogP contribution is 2.14. The summed E-state index contributed by atoms with van der Waals surface area (Å²) in [4.78, 5) is 11.9. The Kier molecular flexibility index (Phi) is 3.92. The van der Waals surface area contributed by atoms with Crippen LogP contribution in [0.2, 0.25) is 0 Å². The third-order valence-corrected chi connectivity index (χ3v) is 2.52. The van der Waals surface area contributed by atoms with Crippen LogP contribution in [0.25, 0.3) is 0 Å². The van der Waals surface area contributed by atoms with Crippen molar-refractivity contribution in [1.82, 2.24) is 20.3 Å². The van der Waals surface area contributed by atoms with E-state index in [1.54, 1.807) is 0 Å². The summed E-state index contributed by atoms with van der Waals surface area (Å²) in [5.74, 6) is 0. The van der Waals surface area contributed by atoms with Crippen LogP contribution in [-0.4, -0.2) is 48.4 Å². The highest BCUT2D eigenvalue weighted by molar-refractivity contribution is 5.08. The Morgan fingerprint density at radius 1 is 1.12 bits per heavy atom. The summed E-state index contributed by atoms with van der Waals surface area (Å²) in [6.07, 6.45) is 2.29. The van der Waals surface area contributed by atoms with E-state index in [0.717, 1.165) is 13.0 Å². The Hall–Kier alpha value is -1.63. The van der Waals surface area contributed by atoms with E-state index in [9.17, 15) is 0 Å². The number of hydrogen-bond donors (Lipinski definition) is 1. The van der Waals surface area contributed by atoms with Gasteiger partial charge >= 0.3 is 18.0 Å². The van der Waals surface area contributed by atoms with Gasteiger partial charge in [-0.05, 0) is 19.4 Å². The van der Waals surface area contributed by atoms with E-state index in [-0.39, 0.29) is 18.0 Å². The summed E-state index contributed by atoms with van der Waals surface area (Å²) >= 11 is 0. The maximum Gasteiger partial charge on any atom is 0.325 e. The first-order valence-corrected chi connectivity index (χ1v) is 5.52. The molecule has 94 valence electrons. The van der Waals surface area contributed by atoms with Gasteiger partial charge < -0.3 is 19.5 Å². The fourth-order valence-corrected chi connectivity index (χ4v) is 1.64. The molecule has 1 N–H and O–H groups in total. The molecule has 7 nitrogen and oxygen atoms in total. The number of nitrogens with zero attached hydrogens (tertiary/aromatic N) is 3. The van der Waals surface area contributed by atoms with Crippen molar-refractivity contribution in [1.29, 1.82) is 0 Å². The molecular formula is C10H16N4O3. The van der Waals surface area contributed by atoms with Gasteiger partial charge in [0, 0.05) is 6.04 Å². The fourth-order valence-electron chi connectivity index (χ4n) is 1.64. The summed E-state index contributed by atoms with van der Waals surface area (Å²) < 4.78 is 15.4. The molecule has 0 amide bonds. The quantitative estimate of drug-likeness (QED) is 0.777. The lowest BCUT2D eigenvalue weighted by Crippen LogP contribution is -2.28. The molecule has 0 spiro atoms. The maximum absolute atomic E-state index is 5.49. The Labute approximate surface area is 99.5 Å². The Balaban J connectivity index is 1.98. The van der Waals surface area contributed by atoms with E-state index in [4.69, 9.17) is 14.2 Å². The number of methoxy groups -OCH3 is 2. The molecular weight excluding hydrogens is 224 g/mol. The first-order chi connectivity index (χ1) is 8.31. The lowest BCUT2D eigenvalue weighted by molar-refractivity contribution is 0.241. The van der Waals surface area contributed by atoms with Crippen LogP contribution < -0.4 is 19.5 Å². The minimum absolute atomic E-state index is 0.186. The zero-order valence-corrected chi connectivity index (χ0v) is 9.97. The van der Waals surface area contributed by atoms with Crippen molar-refractivity contribution >= 4 is 0 Å². The molecule has 1 unspecified atom stereocenters. The minimum Gasteiger partial charge on any atom is -0.467 e.